The molecule has 0 rings (SSSR count). The van der Waals surface area contributed by atoms with E-state index in [2.05, 4.69) is 0 Å². The summed E-state index contributed by atoms with van der Waals surface area (Å²) in [6, 6.07) is 0. The van der Waals surface area contributed by atoms with Crippen LogP contribution >= 0.6 is 0 Å². The molecule has 0 saturated carbocycles. The molecule has 0 bridgehead atoms. The summed E-state index contributed by atoms with van der Waals surface area (Å²) in [4.78, 5) is 0. The predicted octanol–water partition coefficient (Wildman–Crippen LogP) is 5.69. The van der Waals surface area contributed by atoms with Crippen molar-refractivity contribution in [2.45, 2.75) is 49.1 Å². The van der Waals surface area contributed by atoms with Crippen molar-refractivity contribution < 1.29 is 57.1 Å². The van der Waals surface area contributed by atoms with E-state index in [1.165, 1.54) is 0 Å². The van der Waals surface area contributed by atoms with Crippen LogP contribution in [0.2, 0.25) is 0 Å². The molecule has 0 aromatic rings. The molecule has 0 N–H and O–H groups in total. The minimum absolute atomic E-state index is 0.115. The van der Waals surface area contributed by atoms with Crippen LogP contribution in [0.15, 0.2) is 12.2 Å². The molecule has 0 spiro atoms. The highest BCUT2D eigenvalue weighted by atomic mass is 19.4. The zero-order valence-electron chi connectivity index (χ0n) is 10.8. The molecule has 0 atom stereocenters. The number of alkyl halides is 13. The molecule has 0 saturated heterocycles. The Balaban J connectivity index is 6.19. The molecule has 23 heavy (non-hydrogen) atoms. The average Bonchev–Trinajstić information content (AvgIpc) is 2.34. The van der Waals surface area contributed by atoms with E-state index in [1.54, 1.807) is 0 Å². The highest BCUT2D eigenvalue weighted by Gasteiger charge is 2.90. The lowest BCUT2D eigenvalue weighted by Crippen LogP contribution is -2.69. The standard InChI is InChI=1S/C10H7F13/c1-2-3-4-5(11,12)6(13,14)7(15,16)8(17,18)9(19,20)10(21,22)23/h3-4H,2H2,1H3. The Labute approximate surface area is 119 Å². The van der Waals surface area contributed by atoms with Crippen molar-refractivity contribution in [3.63, 3.8) is 0 Å². The van der Waals surface area contributed by atoms with Crippen LogP contribution in [0.5, 0.6) is 0 Å². The van der Waals surface area contributed by atoms with Crippen LogP contribution in [-0.4, -0.2) is 35.8 Å². The zero-order chi connectivity index (χ0) is 19.1. The van der Waals surface area contributed by atoms with Crippen molar-refractivity contribution in [2.75, 3.05) is 0 Å². The van der Waals surface area contributed by atoms with Crippen molar-refractivity contribution in [1.82, 2.24) is 0 Å². The topological polar surface area (TPSA) is 0 Å². The Morgan fingerprint density at radius 2 is 0.913 bits per heavy atom. The number of rotatable bonds is 6. The second-order valence-corrected chi connectivity index (χ2v) is 4.23. The first-order chi connectivity index (χ1) is 9.81. The van der Waals surface area contributed by atoms with E-state index in [0.717, 1.165) is 6.92 Å². The van der Waals surface area contributed by atoms with Crippen LogP contribution in [0.3, 0.4) is 0 Å². The Morgan fingerprint density at radius 1 is 0.565 bits per heavy atom. The number of halogens is 13. The first-order valence-corrected chi connectivity index (χ1v) is 5.44. The fourth-order valence-electron chi connectivity index (χ4n) is 1.15. The summed E-state index contributed by atoms with van der Waals surface area (Å²) < 4.78 is 163. The van der Waals surface area contributed by atoms with Gasteiger partial charge in [0.25, 0.3) is 0 Å². The fourth-order valence-corrected chi connectivity index (χ4v) is 1.15. The number of allylic oxidation sites excluding steroid dienone is 2. The minimum Gasteiger partial charge on any atom is -0.195 e. The third-order valence-electron chi connectivity index (χ3n) is 2.52. The molecular formula is C10H7F13. The molecule has 0 fully saturated rings. The molecule has 0 radical (unpaired) electrons. The van der Waals surface area contributed by atoms with Gasteiger partial charge in [0, 0.05) is 0 Å². The monoisotopic (exact) mass is 374 g/mol. The van der Waals surface area contributed by atoms with Crippen molar-refractivity contribution in [2.24, 2.45) is 0 Å². The molecule has 0 unspecified atom stereocenters. The quantitative estimate of drug-likeness (QED) is 0.414. The van der Waals surface area contributed by atoms with E-state index < -0.39 is 48.3 Å². The summed E-state index contributed by atoms with van der Waals surface area (Å²) in [6.07, 6.45) is -8.72. The van der Waals surface area contributed by atoms with Gasteiger partial charge in [-0.05, 0) is 12.5 Å². The van der Waals surface area contributed by atoms with Gasteiger partial charge in [0.05, 0.1) is 0 Å². The lowest BCUT2D eigenvalue weighted by atomic mass is 9.93. The molecule has 0 nitrogen and oxygen atoms in total. The van der Waals surface area contributed by atoms with E-state index in [0.29, 0.717) is 0 Å². The molecule has 0 aromatic carbocycles. The van der Waals surface area contributed by atoms with Gasteiger partial charge in [-0.15, -0.1) is 0 Å². The summed E-state index contributed by atoms with van der Waals surface area (Å²) in [7, 11) is 0. The second-order valence-electron chi connectivity index (χ2n) is 4.23. The summed E-state index contributed by atoms with van der Waals surface area (Å²) in [5.74, 6) is -36.6. The van der Waals surface area contributed by atoms with E-state index >= 15 is 0 Å². The molecule has 0 amide bonds. The lowest BCUT2D eigenvalue weighted by Gasteiger charge is -2.39. The van der Waals surface area contributed by atoms with Crippen LogP contribution in [-0.2, 0) is 0 Å². The number of hydrogen-bond donors (Lipinski definition) is 0. The zero-order valence-corrected chi connectivity index (χ0v) is 10.8. The Kier molecular flexibility index (Phi) is 5.43. The maximum Gasteiger partial charge on any atom is 0.460 e. The van der Waals surface area contributed by atoms with Gasteiger partial charge in [0.2, 0.25) is 0 Å². The molecule has 0 aliphatic rings. The predicted molar refractivity (Wildman–Crippen MR) is 50.2 cm³/mol. The normalized spacial score (nSPS) is 16.3. The van der Waals surface area contributed by atoms with Crippen molar-refractivity contribution in [3.05, 3.63) is 12.2 Å². The Hall–Kier alpha value is -1.17. The van der Waals surface area contributed by atoms with Crippen molar-refractivity contribution in [1.29, 1.82) is 0 Å². The highest BCUT2D eigenvalue weighted by Crippen LogP contribution is 2.60. The molecule has 0 aliphatic carbocycles. The molecule has 138 valence electrons. The van der Waals surface area contributed by atoms with Crippen molar-refractivity contribution in [3.8, 4) is 0 Å². The van der Waals surface area contributed by atoms with Gasteiger partial charge in [-0.2, -0.15) is 57.1 Å². The van der Waals surface area contributed by atoms with Gasteiger partial charge in [0.1, 0.15) is 0 Å². The van der Waals surface area contributed by atoms with Crippen molar-refractivity contribution >= 4 is 0 Å². The van der Waals surface area contributed by atoms with Gasteiger partial charge >= 0.3 is 35.8 Å². The SMILES string of the molecule is CCC=CC(F)(F)C(F)(F)C(F)(F)C(F)(F)C(F)(F)C(F)(F)F. The van der Waals surface area contributed by atoms with E-state index in [4.69, 9.17) is 0 Å². The highest BCUT2D eigenvalue weighted by molar-refractivity contribution is 5.14. The first-order valence-electron chi connectivity index (χ1n) is 5.44. The van der Waals surface area contributed by atoms with Crippen LogP contribution in [0.25, 0.3) is 0 Å². The van der Waals surface area contributed by atoms with Crippen LogP contribution in [0, 0.1) is 0 Å². The maximum atomic E-state index is 13.0. The van der Waals surface area contributed by atoms with Crippen LogP contribution < -0.4 is 0 Å². The first kappa shape index (κ1) is 21.8. The second kappa shape index (κ2) is 5.72. The molecule has 13 heteroatoms. The van der Waals surface area contributed by atoms with E-state index in [9.17, 15) is 57.1 Å². The minimum atomic E-state index is -7.84. The van der Waals surface area contributed by atoms with Gasteiger partial charge in [-0.25, -0.2) is 0 Å². The molecule has 0 aliphatic heterocycles. The smallest absolute Gasteiger partial charge is 0.195 e. The van der Waals surface area contributed by atoms with Gasteiger partial charge < -0.3 is 0 Å². The van der Waals surface area contributed by atoms with Gasteiger partial charge in [-0.3, -0.25) is 0 Å². The third kappa shape index (κ3) is 3.10. The molecule has 0 aromatic heterocycles. The molecule has 0 heterocycles. The third-order valence-corrected chi connectivity index (χ3v) is 2.52. The van der Waals surface area contributed by atoms with Gasteiger partial charge in [0.15, 0.2) is 0 Å². The molecular weight excluding hydrogens is 367 g/mol. The summed E-state index contributed by atoms with van der Waals surface area (Å²) >= 11 is 0. The number of hydrogen-bond acceptors (Lipinski definition) is 0. The van der Waals surface area contributed by atoms with Crippen LogP contribution in [0.4, 0.5) is 57.1 Å². The average molecular weight is 374 g/mol. The fraction of sp³-hybridized carbons (Fsp3) is 0.800. The summed E-state index contributed by atoms with van der Waals surface area (Å²) in [5.41, 5.74) is 0. The Bertz CT molecular complexity index is 442. The van der Waals surface area contributed by atoms with E-state index in [-0.39, 0.29) is 6.08 Å². The summed E-state index contributed by atoms with van der Waals surface area (Å²) in [6.45, 7) is 1.04. The Morgan fingerprint density at radius 3 is 1.22 bits per heavy atom. The van der Waals surface area contributed by atoms with Gasteiger partial charge in [-0.1, -0.05) is 13.0 Å². The summed E-state index contributed by atoms with van der Waals surface area (Å²) in [5, 5.41) is 0. The van der Waals surface area contributed by atoms with Crippen LogP contribution in [0.1, 0.15) is 13.3 Å². The largest absolute Gasteiger partial charge is 0.460 e. The maximum absolute atomic E-state index is 13.0. The van der Waals surface area contributed by atoms with E-state index in [1.807, 2.05) is 0 Å². The lowest BCUT2D eigenvalue weighted by molar-refractivity contribution is -0.436.